The second kappa shape index (κ2) is 11.4. The van der Waals surface area contributed by atoms with E-state index in [-0.39, 0.29) is 36.7 Å². The van der Waals surface area contributed by atoms with Gasteiger partial charge in [-0.3, -0.25) is 23.9 Å². The summed E-state index contributed by atoms with van der Waals surface area (Å²) in [6.45, 7) is 3.87. The number of amides is 1. The molecule has 0 spiro atoms. The van der Waals surface area contributed by atoms with Crippen LogP contribution in [-0.2, 0) is 16.6 Å². The van der Waals surface area contributed by atoms with Crippen molar-refractivity contribution >= 4 is 57.8 Å². The Morgan fingerprint density at radius 1 is 1.21 bits per heavy atom. The van der Waals surface area contributed by atoms with E-state index in [1.807, 2.05) is 15.9 Å². The standard InChI is InChI=1S/C26H26FN5O4S2/c1-16-17(14-21-25(36)32(26(37)38-21)9-5-8-22(33)34)23(29(2)24(35)18(16)15-28)31-12-10-30(11-13-31)20-7-4-3-6-19(20)27/h3-4,6-7,14H,5,8-13H2,1-2H3,(H,33,34)/b21-14-. The number of carbonyl (C=O) groups excluding carboxylic acids is 1. The average Bonchev–Trinajstić information content (AvgIpc) is 3.15. The van der Waals surface area contributed by atoms with E-state index >= 15 is 0 Å². The molecular weight excluding hydrogens is 529 g/mol. The molecule has 2 saturated heterocycles. The van der Waals surface area contributed by atoms with Crippen molar-refractivity contribution in [3.05, 3.63) is 62.0 Å². The number of hydrogen-bond donors (Lipinski definition) is 1. The number of aromatic nitrogens is 1. The van der Waals surface area contributed by atoms with Crippen molar-refractivity contribution in [3.63, 3.8) is 0 Å². The molecule has 3 heterocycles. The van der Waals surface area contributed by atoms with Crippen LogP contribution in [0, 0.1) is 24.1 Å². The summed E-state index contributed by atoms with van der Waals surface area (Å²) >= 11 is 6.48. The lowest BCUT2D eigenvalue weighted by molar-refractivity contribution is -0.137. The number of nitrogens with zero attached hydrogens (tertiary/aromatic N) is 5. The summed E-state index contributed by atoms with van der Waals surface area (Å²) in [5.74, 6) is -1.02. The van der Waals surface area contributed by atoms with E-state index in [2.05, 4.69) is 0 Å². The first-order chi connectivity index (χ1) is 18.1. The number of carboxylic acids is 1. The third-order valence-corrected chi connectivity index (χ3v) is 8.04. The number of piperazine rings is 1. The van der Waals surface area contributed by atoms with Gasteiger partial charge in [0.1, 0.15) is 27.6 Å². The normalized spacial score (nSPS) is 16.9. The van der Waals surface area contributed by atoms with Crippen molar-refractivity contribution in [2.24, 2.45) is 7.05 Å². The van der Waals surface area contributed by atoms with Crippen LogP contribution in [0.25, 0.3) is 6.08 Å². The maximum atomic E-state index is 14.3. The van der Waals surface area contributed by atoms with Gasteiger partial charge in [-0.05, 0) is 37.1 Å². The molecular formula is C26H26FN5O4S2. The molecule has 12 heteroatoms. The smallest absolute Gasteiger partial charge is 0.303 e. The number of benzene rings is 1. The summed E-state index contributed by atoms with van der Waals surface area (Å²) in [5, 5.41) is 18.6. The van der Waals surface area contributed by atoms with Crippen molar-refractivity contribution in [3.8, 4) is 6.07 Å². The second-order valence-corrected chi connectivity index (χ2v) is 10.6. The number of carbonyl (C=O) groups is 2. The first-order valence-electron chi connectivity index (χ1n) is 12.0. The van der Waals surface area contributed by atoms with Crippen LogP contribution >= 0.6 is 24.0 Å². The number of thioether (sulfide) groups is 1. The molecule has 2 fully saturated rings. The van der Waals surface area contributed by atoms with Gasteiger partial charge in [0.15, 0.2) is 0 Å². The first kappa shape index (κ1) is 27.3. The van der Waals surface area contributed by atoms with Crippen LogP contribution in [0.3, 0.4) is 0 Å². The average molecular weight is 556 g/mol. The van der Waals surface area contributed by atoms with Gasteiger partial charge in [-0.1, -0.05) is 36.1 Å². The van der Waals surface area contributed by atoms with Gasteiger partial charge in [0.25, 0.3) is 11.5 Å². The number of aliphatic carboxylic acids is 1. The predicted octanol–water partition coefficient (Wildman–Crippen LogP) is 3.10. The number of nitriles is 1. The molecule has 1 amide bonds. The van der Waals surface area contributed by atoms with Crippen molar-refractivity contribution in [2.75, 3.05) is 42.5 Å². The Kier molecular flexibility index (Phi) is 8.18. The number of halogens is 1. The zero-order chi connectivity index (χ0) is 27.6. The van der Waals surface area contributed by atoms with E-state index in [9.17, 15) is 24.0 Å². The van der Waals surface area contributed by atoms with Crippen LogP contribution in [0.4, 0.5) is 15.9 Å². The van der Waals surface area contributed by atoms with Gasteiger partial charge in [0, 0.05) is 51.8 Å². The highest BCUT2D eigenvalue weighted by Gasteiger charge is 2.33. The molecule has 0 radical (unpaired) electrons. The minimum atomic E-state index is -0.949. The molecule has 0 unspecified atom stereocenters. The fourth-order valence-corrected chi connectivity index (χ4v) is 5.96. The Hall–Kier alpha value is -3.69. The molecule has 0 aliphatic carbocycles. The molecule has 2 aliphatic rings. The summed E-state index contributed by atoms with van der Waals surface area (Å²) < 4.78 is 16.1. The molecule has 2 aliphatic heterocycles. The van der Waals surface area contributed by atoms with Gasteiger partial charge >= 0.3 is 5.97 Å². The maximum Gasteiger partial charge on any atom is 0.303 e. The highest BCUT2D eigenvalue weighted by atomic mass is 32.2. The third kappa shape index (κ3) is 5.30. The summed E-state index contributed by atoms with van der Waals surface area (Å²) in [7, 11) is 1.59. The number of hydrogen-bond acceptors (Lipinski definition) is 8. The quantitative estimate of drug-likeness (QED) is 0.407. The fraction of sp³-hybridized carbons (Fsp3) is 0.346. The fourth-order valence-electron chi connectivity index (χ4n) is 4.67. The zero-order valence-electron chi connectivity index (χ0n) is 20.9. The van der Waals surface area contributed by atoms with Crippen molar-refractivity contribution in [1.29, 1.82) is 5.26 Å². The molecule has 0 bridgehead atoms. The van der Waals surface area contributed by atoms with E-state index in [0.29, 0.717) is 58.0 Å². The molecule has 2 aromatic rings. The summed E-state index contributed by atoms with van der Waals surface area (Å²) in [6.07, 6.45) is 1.85. The van der Waals surface area contributed by atoms with E-state index in [4.69, 9.17) is 17.3 Å². The Morgan fingerprint density at radius 2 is 1.87 bits per heavy atom. The lowest BCUT2D eigenvalue weighted by Gasteiger charge is -2.38. The molecule has 0 saturated carbocycles. The summed E-state index contributed by atoms with van der Waals surface area (Å²) in [4.78, 5) is 42.7. The van der Waals surface area contributed by atoms with Gasteiger partial charge in [-0.2, -0.15) is 5.26 Å². The predicted molar refractivity (Wildman–Crippen MR) is 149 cm³/mol. The maximum absolute atomic E-state index is 14.3. The van der Waals surface area contributed by atoms with Gasteiger partial charge < -0.3 is 14.9 Å². The highest BCUT2D eigenvalue weighted by molar-refractivity contribution is 8.26. The van der Waals surface area contributed by atoms with Gasteiger partial charge in [-0.15, -0.1) is 0 Å². The second-order valence-electron chi connectivity index (χ2n) is 8.97. The SMILES string of the molecule is Cc1c(/C=C2\SC(=S)N(CCCC(=O)O)C2=O)c(N2CCN(c3ccccc3F)CC2)n(C)c(=O)c1C#N. The van der Waals surface area contributed by atoms with Gasteiger partial charge in [0.2, 0.25) is 0 Å². The minimum Gasteiger partial charge on any atom is -0.481 e. The molecule has 4 rings (SSSR count). The molecule has 1 aromatic carbocycles. The van der Waals surface area contributed by atoms with Crippen LogP contribution < -0.4 is 15.4 Å². The first-order valence-corrected chi connectivity index (χ1v) is 13.2. The summed E-state index contributed by atoms with van der Waals surface area (Å²) in [5.41, 5.74) is 1.09. The van der Waals surface area contributed by atoms with Crippen LogP contribution in [0.15, 0.2) is 34.0 Å². The van der Waals surface area contributed by atoms with Gasteiger partial charge in [-0.25, -0.2) is 4.39 Å². The molecule has 1 aromatic heterocycles. The lowest BCUT2D eigenvalue weighted by Crippen LogP contribution is -2.48. The van der Waals surface area contributed by atoms with Crippen LogP contribution in [0.5, 0.6) is 0 Å². The van der Waals surface area contributed by atoms with Crippen molar-refractivity contribution < 1.29 is 19.1 Å². The van der Waals surface area contributed by atoms with E-state index in [1.54, 1.807) is 38.2 Å². The van der Waals surface area contributed by atoms with Crippen molar-refractivity contribution in [1.82, 2.24) is 9.47 Å². The number of pyridine rings is 1. The Labute approximate surface area is 228 Å². The van der Waals surface area contributed by atoms with E-state index < -0.39 is 11.5 Å². The largest absolute Gasteiger partial charge is 0.481 e. The zero-order valence-corrected chi connectivity index (χ0v) is 22.6. The molecule has 0 atom stereocenters. The number of para-hydroxylation sites is 1. The minimum absolute atomic E-state index is 0.00979. The highest BCUT2D eigenvalue weighted by Crippen LogP contribution is 2.36. The molecule has 38 heavy (non-hydrogen) atoms. The number of carboxylic acid groups (broad SMARTS) is 1. The Morgan fingerprint density at radius 3 is 2.50 bits per heavy atom. The van der Waals surface area contributed by atoms with Gasteiger partial charge in [0.05, 0.1) is 10.6 Å². The molecule has 1 N–H and O–H groups in total. The Balaban J connectivity index is 1.68. The lowest BCUT2D eigenvalue weighted by atomic mass is 10.0. The number of thiocarbonyl (C=S) groups is 1. The van der Waals surface area contributed by atoms with Crippen LogP contribution in [-0.4, -0.2) is 63.5 Å². The summed E-state index contributed by atoms with van der Waals surface area (Å²) in [6, 6.07) is 8.57. The Bertz CT molecular complexity index is 1440. The van der Waals surface area contributed by atoms with E-state index in [1.165, 1.54) is 15.5 Å². The number of rotatable bonds is 7. The third-order valence-electron chi connectivity index (χ3n) is 6.66. The van der Waals surface area contributed by atoms with Crippen LogP contribution in [0.1, 0.15) is 29.5 Å². The van der Waals surface area contributed by atoms with E-state index in [0.717, 1.165) is 11.8 Å². The monoisotopic (exact) mass is 555 g/mol. The van der Waals surface area contributed by atoms with Crippen molar-refractivity contribution in [2.45, 2.75) is 19.8 Å². The molecule has 198 valence electrons. The topological polar surface area (TPSA) is 110 Å². The molecule has 9 nitrogen and oxygen atoms in total. The van der Waals surface area contributed by atoms with Crippen LogP contribution in [0.2, 0.25) is 0 Å². The number of anilines is 2.